The van der Waals surface area contributed by atoms with Crippen LogP contribution in [0.15, 0.2) is 60.7 Å². The third-order valence-corrected chi connectivity index (χ3v) is 3.85. The van der Waals surface area contributed by atoms with Crippen molar-refractivity contribution in [2.45, 2.75) is 0 Å². The summed E-state index contributed by atoms with van der Waals surface area (Å²) in [6, 6.07) is 17.3. The minimum absolute atomic E-state index is 0.00912. The lowest BCUT2D eigenvalue weighted by Gasteiger charge is -2.10. The largest absolute Gasteiger partial charge is 0.507 e. The second kappa shape index (κ2) is 7.76. The van der Waals surface area contributed by atoms with Crippen molar-refractivity contribution >= 4 is 34.2 Å². The molecule has 26 heavy (non-hydrogen) atoms. The Hall–Kier alpha value is -3.25. The van der Waals surface area contributed by atoms with Gasteiger partial charge in [0.05, 0.1) is 5.56 Å². The van der Waals surface area contributed by atoms with Crippen LogP contribution >= 0.6 is 11.6 Å². The molecule has 3 aromatic carbocycles. The number of phenolic OH excluding ortho intramolecular Hbond substituents is 1. The summed E-state index contributed by atoms with van der Waals surface area (Å²) in [4.78, 5) is 23.8. The third-order valence-electron chi connectivity index (χ3n) is 3.61. The number of hydrogen-bond acceptors (Lipinski definition) is 4. The van der Waals surface area contributed by atoms with E-state index in [1.54, 1.807) is 6.07 Å². The van der Waals surface area contributed by atoms with Gasteiger partial charge in [0.15, 0.2) is 6.61 Å². The number of hydrogen-bond donors (Lipinski definition) is 3. The van der Waals surface area contributed by atoms with E-state index in [-0.39, 0.29) is 17.9 Å². The van der Waals surface area contributed by atoms with Gasteiger partial charge in [-0.2, -0.15) is 0 Å². The van der Waals surface area contributed by atoms with E-state index >= 15 is 0 Å². The van der Waals surface area contributed by atoms with Crippen molar-refractivity contribution in [1.82, 2.24) is 10.9 Å². The quantitative estimate of drug-likeness (QED) is 0.616. The lowest BCUT2D eigenvalue weighted by molar-refractivity contribution is -0.123. The zero-order valence-electron chi connectivity index (χ0n) is 13.5. The highest BCUT2D eigenvalue weighted by Gasteiger charge is 2.12. The molecule has 132 valence electrons. The Morgan fingerprint density at radius 1 is 0.962 bits per heavy atom. The number of phenols is 1. The van der Waals surface area contributed by atoms with Gasteiger partial charge in [0.2, 0.25) is 0 Å². The van der Waals surface area contributed by atoms with Crippen LogP contribution < -0.4 is 15.6 Å². The van der Waals surface area contributed by atoms with Gasteiger partial charge in [-0.15, -0.1) is 0 Å². The van der Waals surface area contributed by atoms with Crippen LogP contribution in [0.2, 0.25) is 5.02 Å². The fourth-order valence-corrected chi connectivity index (χ4v) is 2.50. The van der Waals surface area contributed by atoms with E-state index in [1.165, 1.54) is 18.2 Å². The lowest BCUT2D eigenvalue weighted by atomic mass is 10.1. The fraction of sp³-hybridized carbons (Fsp3) is 0.0526. The Bertz CT molecular complexity index is 975. The van der Waals surface area contributed by atoms with Crippen LogP contribution in [0.25, 0.3) is 10.8 Å². The molecule has 0 aromatic heterocycles. The van der Waals surface area contributed by atoms with Gasteiger partial charge in [-0.05, 0) is 41.1 Å². The fourth-order valence-electron chi connectivity index (χ4n) is 2.33. The molecule has 0 aliphatic heterocycles. The molecule has 0 saturated carbocycles. The number of hydrazine groups is 1. The van der Waals surface area contributed by atoms with Gasteiger partial charge >= 0.3 is 0 Å². The number of rotatable bonds is 4. The molecule has 0 aliphatic rings. The highest BCUT2D eigenvalue weighted by molar-refractivity contribution is 6.30. The topological polar surface area (TPSA) is 87.7 Å². The molecule has 2 amide bonds. The number of aromatic hydroxyl groups is 1. The molecule has 3 aromatic rings. The molecule has 0 unspecified atom stereocenters. The van der Waals surface area contributed by atoms with Gasteiger partial charge < -0.3 is 9.84 Å². The number of amides is 2. The second-order valence-corrected chi connectivity index (χ2v) is 5.90. The number of carbonyl (C=O) groups excluding carboxylic acids is 2. The maximum atomic E-state index is 11.9. The van der Waals surface area contributed by atoms with E-state index in [2.05, 4.69) is 10.9 Å². The van der Waals surface area contributed by atoms with Crippen molar-refractivity contribution in [3.63, 3.8) is 0 Å². The highest BCUT2D eigenvalue weighted by atomic mass is 35.5. The molecule has 0 bridgehead atoms. The predicted molar refractivity (Wildman–Crippen MR) is 98.2 cm³/mol. The average Bonchev–Trinajstić information content (AvgIpc) is 2.64. The van der Waals surface area contributed by atoms with E-state index in [0.29, 0.717) is 10.8 Å². The standard InChI is InChI=1S/C19H15ClN2O4/c20-14-6-8-16(17(23)10-14)19(25)22-21-18(24)11-26-15-7-5-12-3-1-2-4-13(12)9-15/h1-10,23H,11H2,(H,21,24)(H,22,25). The van der Waals surface area contributed by atoms with E-state index in [4.69, 9.17) is 16.3 Å². The number of fused-ring (bicyclic) bond motifs is 1. The lowest BCUT2D eigenvalue weighted by Crippen LogP contribution is -2.43. The highest BCUT2D eigenvalue weighted by Crippen LogP contribution is 2.22. The maximum absolute atomic E-state index is 11.9. The summed E-state index contributed by atoms with van der Waals surface area (Å²) < 4.78 is 5.42. The molecular formula is C19H15ClN2O4. The van der Waals surface area contributed by atoms with Crippen LogP contribution in [0.1, 0.15) is 10.4 Å². The first-order valence-electron chi connectivity index (χ1n) is 7.72. The Morgan fingerprint density at radius 2 is 1.73 bits per heavy atom. The SMILES string of the molecule is O=C(COc1ccc2ccccc2c1)NNC(=O)c1ccc(Cl)cc1O. The van der Waals surface area contributed by atoms with E-state index < -0.39 is 11.8 Å². The molecule has 0 radical (unpaired) electrons. The molecule has 3 rings (SSSR count). The Labute approximate surface area is 154 Å². The first-order chi connectivity index (χ1) is 12.5. The van der Waals surface area contributed by atoms with Crippen molar-refractivity contribution in [3.8, 4) is 11.5 Å². The van der Waals surface area contributed by atoms with Crippen molar-refractivity contribution in [1.29, 1.82) is 0 Å². The minimum atomic E-state index is -0.668. The second-order valence-electron chi connectivity index (χ2n) is 5.46. The van der Waals surface area contributed by atoms with Crippen LogP contribution in [-0.2, 0) is 4.79 Å². The monoisotopic (exact) mass is 370 g/mol. The first kappa shape index (κ1) is 17.6. The van der Waals surface area contributed by atoms with Crippen LogP contribution in [0, 0.1) is 0 Å². The summed E-state index contributed by atoms with van der Waals surface area (Å²) in [5, 5.41) is 12.0. The van der Waals surface area contributed by atoms with Gasteiger partial charge in [0.1, 0.15) is 11.5 Å². The summed E-state index contributed by atoms with van der Waals surface area (Å²) >= 11 is 5.71. The summed E-state index contributed by atoms with van der Waals surface area (Å²) in [5.41, 5.74) is 4.42. The normalized spacial score (nSPS) is 10.3. The molecule has 6 nitrogen and oxygen atoms in total. The molecule has 7 heteroatoms. The minimum Gasteiger partial charge on any atom is -0.507 e. The van der Waals surface area contributed by atoms with Crippen molar-refractivity contribution in [3.05, 3.63) is 71.2 Å². The molecule has 0 saturated heterocycles. The summed E-state index contributed by atoms with van der Waals surface area (Å²) in [6.07, 6.45) is 0. The van der Waals surface area contributed by atoms with Crippen molar-refractivity contribution in [2.24, 2.45) is 0 Å². The van der Waals surface area contributed by atoms with Gasteiger partial charge in [-0.3, -0.25) is 20.4 Å². The zero-order valence-corrected chi connectivity index (χ0v) is 14.3. The molecule has 0 aliphatic carbocycles. The number of halogens is 1. The first-order valence-corrected chi connectivity index (χ1v) is 8.10. The van der Waals surface area contributed by atoms with E-state index in [9.17, 15) is 14.7 Å². The van der Waals surface area contributed by atoms with Crippen LogP contribution in [-0.4, -0.2) is 23.5 Å². The Morgan fingerprint density at radius 3 is 2.50 bits per heavy atom. The van der Waals surface area contributed by atoms with E-state index in [1.807, 2.05) is 36.4 Å². The zero-order chi connectivity index (χ0) is 18.5. The number of ether oxygens (including phenoxy) is 1. The third kappa shape index (κ3) is 4.23. The number of carbonyl (C=O) groups is 2. The smallest absolute Gasteiger partial charge is 0.276 e. The number of benzene rings is 3. The van der Waals surface area contributed by atoms with Gasteiger partial charge in [-0.25, -0.2) is 0 Å². The molecule has 0 atom stereocenters. The number of nitrogens with one attached hydrogen (secondary N) is 2. The van der Waals surface area contributed by atoms with Crippen LogP contribution in [0.3, 0.4) is 0 Å². The summed E-state index contributed by atoms with van der Waals surface area (Å²) in [7, 11) is 0. The molecule has 0 spiro atoms. The molecule has 3 N–H and O–H groups in total. The van der Waals surface area contributed by atoms with Gasteiger partial charge in [0, 0.05) is 5.02 Å². The molecule has 0 heterocycles. The van der Waals surface area contributed by atoms with Crippen molar-refractivity contribution < 1.29 is 19.4 Å². The van der Waals surface area contributed by atoms with Crippen LogP contribution in [0.4, 0.5) is 0 Å². The van der Waals surface area contributed by atoms with E-state index in [0.717, 1.165) is 10.8 Å². The molecular weight excluding hydrogens is 356 g/mol. The summed E-state index contributed by atoms with van der Waals surface area (Å²) in [5.74, 6) is -0.949. The molecule has 0 fully saturated rings. The Balaban J connectivity index is 1.52. The predicted octanol–water partition coefficient (Wildman–Crippen LogP) is 3.04. The van der Waals surface area contributed by atoms with Gasteiger partial charge in [0.25, 0.3) is 11.8 Å². The van der Waals surface area contributed by atoms with Crippen LogP contribution in [0.5, 0.6) is 11.5 Å². The maximum Gasteiger partial charge on any atom is 0.276 e. The average molecular weight is 371 g/mol. The van der Waals surface area contributed by atoms with Gasteiger partial charge in [-0.1, -0.05) is 41.9 Å². The summed E-state index contributed by atoms with van der Waals surface area (Å²) in [6.45, 7) is -0.273. The van der Waals surface area contributed by atoms with Crippen molar-refractivity contribution in [2.75, 3.05) is 6.61 Å². The Kier molecular flexibility index (Phi) is 5.24.